The fraction of sp³-hybridized carbons (Fsp3) is 0.810. The van der Waals surface area contributed by atoms with Crippen LogP contribution in [0.1, 0.15) is 65.7 Å². The van der Waals surface area contributed by atoms with Crippen LogP contribution in [0.4, 0.5) is 0 Å². The van der Waals surface area contributed by atoms with Gasteiger partial charge in [0.2, 0.25) is 0 Å². The average molecular weight is 409 g/mol. The molecule has 0 aromatic rings. The van der Waals surface area contributed by atoms with Crippen molar-refractivity contribution in [1.82, 2.24) is 0 Å². The molecule has 7 atom stereocenters. The molecule has 4 rings (SSSR count). The smallest absolute Gasteiger partial charge is 0.155 e. The summed E-state index contributed by atoms with van der Waals surface area (Å²) in [6, 6.07) is 0. The number of hydrogen-bond acceptors (Lipinski definition) is 3. The molecule has 4 heteroatoms. The second kappa shape index (κ2) is 5.51. The number of Topliss-reactive ketones (excluding diaryl/α,β-unsaturated/α-hetero) is 1. The number of ketones is 2. The number of carbonyl (C=O) groups excluding carboxylic acids is 2. The van der Waals surface area contributed by atoms with Gasteiger partial charge < -0.3 is 5.11 Å². The number of aliphatic hydroxyl groups excluding tert-OH is 1. The first-order chi connectivity index (χ1) is 11.6. The number of allylic oxidation sites excluding steroid dienone is 1. The van der Waals surface area contributed by atoms with Gasteiger partial charge in [0.05, 0.1) is 10.4 Å². The number of rotatable bonds is 1. The van der Waals surface area contributed by atoms with Crippen LogP contribution in [-0.4, -0.2) is 27.1 Å². The third-order valence-corrected chi connectivity index (χ3v) is 10.5. The molecule has 0 heterocycles. The molecule has 138 valence electrons. The van der Waals surface area contributed by atoms with Crippen LogP contribution in [-0.2, 0) is 9.59 Å². The Balaban J connectivity index is 1.79. The predicted molar refractivity (Wildman–Crippen MR) is 100 cm³/mol. The van der Waals surface area contributed by atoms with Crippen molar-refractivity contribution in [3.63, 3.8) is 0 Å². The number of alkyl halides is 1. The van der Waals surface area contributed by atoms with Crippen LogP contribution < -0.4 is 0 Å². The summed E-state index contributed by atoms with van der Waals surface area (Å²) in [6.45, 7) is 6.20. The van der Waals surface area contributed by atoms with Crippen molar-refractivity contribution in [1.29, 1.82) is 0 Å². The Morgan fingerprint density at radius 2 is 1.92 bits per heavy atom. The highest BCUT2D eigenvalue weighted by molar-refractivity contribution is 9.10. The molecule has 1 unspecified atom stereocenters. The SMILES string of the molecule is CC(=O)[C@H]1CC[C@H]2[C@@H]3CCC4=CC(=O)CC[C@]4(C)[C@@]3(Br)C(O)C[C@]12C. The van der Waals surface area contributed by atoms with E-state index in [-0.39, 0.29) is 32.6 Å². The zero-order valence-electron chi connectivity index (χ0n) is 15.5. The van der Waals surface area contributed by atoms with Gasteiger partial charge in [0, 0.05) is 17.8 Å². The van der Waals surface area contributed by atoms with E-state index >= 15 is 0 Å². The van der Waals surface area contributed by atoms with Crippen LogP contribution in [0, 0.1) is 28.6 Å². The van der Waals surface area contributed by atoms with Crippen LogP contribution >= 0.6 is 15.9 Å². The minimum absolute atomic E-state index is 0.0851. The second-order valence-corrected chi connectivity index (χ2v) is 10.8. The summed E-state index contributed by atoms with van der Waals surface area (Å²) in [5, 5.41) is 11.4. The lowest BCUT2D eigenvalue weighted by Gasteiger charge is -2.64. The van der Waals surface area contributed by atoms with Gasteiger partial charge in [-0.05, 0) is 68.8 Å². The van der Waals surface area contributed by atoms with Crippen molar-refractivity contribution < 1.29 is 14.7 Å². The Hall–Kier alpha value is -0.480. The van der Waals surface area contributed by atoms with Gasteiger partial charge in [-0.25, -0.2) is 0 Å². The highest BCUT2D eigenvalue weighted by Crippen LogP contribution is 2.70. The van der Waals surface area contributed by atoms with E-state index in [0.29, 0.717) is 24.7 Å². The maximum atomic E-state index is 12.2. The van der Waals surface area contributed by atoms with E-state index in [4.69, 9.17) is 0 Å². The molecule has 4 aliphatic carbocycles. The highest BCUT2D eigenvalue weighted by Gasteiger charge is 2.69. The van der Waals surface area contributed by atoms with E-state index in [1.54, 1.807) is 6.92 Å². The van der Waals surface area contributed by atoms with E-state index in [9.17, 15) is 14.7 Å². The lowest BCUT2D eigenvalue weighted by molar-refractivity contribution is -0.135. The molecule has 3 fully saturated rings. The van der Waals surface area contributed by atoms with Gasteiger partial charge in [-0.1, -0.05) is 35.4 Å². The fourth-order valence-corrected chi connectivity index (χ4v) is 8.40. The van der Waals surface area contributed by atoms with Gasteiger partial charge in [-0.2, -0.15) is 0 Å². The van der Waals surface area contributed by atoms with Gasteiger partial charge in [0.25, 0.3) is 0 Å². The average Bonchev–Trinajstić information content (AvgIpc) is 2.87. The second-order valence-electron chi connectivity index (χ2n) is 9.45. The standard InChI is InChI=1S/C21H29BrO3/c1-12(23)15-6-7-16-17-5-4-13-10-14(24)8-9-20(13,3)21(17,22)18(25)11-19(15,16)2/h10,15-18,25H,4-9,11H2,1-3H3/t15-,16+,17+,18?,19-,20+,21+/m1/s1. The van der Waals surface area contributed by atoms with E-state index < -0.39 is 6.10 Å². The van der Waals surface area contributed by atoms with Crippen LogP contribution in [0.3, 0.4) is 0 Å². The van der Waals surface area contributed by atoms with E-state index in [2.05, 4.69) is 29.8 Å². The monoisotopic (exact) mass is 408 g/mol. The molecule has 1 N–H and O–H groups in total. The molecule has 4 aliphatic rings. The lowest BCUT2D eigenvalue weighted by Crippen LogP contribution is -2.66. The van der Waals surface area contributed by atoms with Crippen molar-refractivity contribution in [2.45, 2.75) is 76.1 Å². The summed E-state index contributed by atoms with van der Waals surface area (Å²) in [5.74, 6) is 1.43. The summed E-state index contributed by atoms with van der Waals surface area (Å²) in [4.78, 5) is 24.2. The zero-order valence-corrected chi connectivity index (χ0v) is 17.1. The first-order valence-electron chi connectivity index (χ1n) is 9.76. The molecule has 0 aromatic carbocycles. The lowest BCUT2D eigenvalue weighted by atomic mass is 9.45. The maximum Gasteiger partial charge on any atom is 0.155 e. The molecule has 3 nitrogen and oxygen atoms in total. The van der Waals surface area contributed by atoms with E-state index in [1.807, 2.05) is 6.08 Å². The molecule has 0 aliphatic heterocycles. The van der Waals surface area contributed by atoms with Gasteiger partial charge in [0.15, 0.2) is 5.78 Å². The molecular formula is C21H29BrO3. The number of aliphatic hydroxyl groups is 1. The van der Waals surface area contributed by atoms with Crippen LogP contribution in [0.15, 0.2) is 11.6 Å². The number of halogens is 1. The summed E-state index contributed by atoms with van der Waals surface area (Å²) in [7, 11) is 0. The third kappa shape index (κ3) is 2.13. The van der Waals surface area contributed by atoms with Crippen LogP contribution in [0.25, 0.3) is 0 Å². The molecular weight excluding hydrogens is 380 g/mol. The molecule has 0 bridgehead atoms. The third-order valence-electron chi connectivity index (χ3n) is 8.53. The number of fused-ring (bicyclic) bond motifs is 5. The minimum Gasteiger partial charge on any atom is -0.392 e. The Morgan fingerprint density at radius 1 is 1.20 bits per heavy atom. The molecule has 0 radical (unpaired) electrons. The zero-order chi connectivity index (χ0) is 18.2. The molecule has 0 saturated heterocycles. The number of hydrogen-bond donors (Lipinski definition) is 1. The van der Waals surface area contributed by atoms with Crippen LogP contribution in [0.5, 0.6) is 0 Å². The Morgan fingerprint density at radius 3 is 2.60 bits per heavy atom. The topological polar surface area (TPSA) is 54.4 Å². The normalized spacial score (nSPS) is 52.0. The van der Waals surface area contributed by atoms with E-state index in [1.165, 1.54) is 5.57 Å². The summed E-state index contributed by atoms with van der Waals surface area (Å²) < 4.78 is -0.374. The highest BCUT2D eigenvalue weighted by atomic mass is 79.9. The van der Waals surface area contributed by atoms with Crippen molar-refractivity contribution in [2.75, 3.05) is 0 Å². The molecule has 0 aromatic heterocycles. The first kappa shape index (κ1) is 17.9. The Labute approximate surface area is 158 Å². The predicted octanol–water partition coefficient (Wildman–Crippen LogP) is 4.21. The first-order valence-corrected chi connectivity index (χ1v) is 10.5. The van der Waals surface area contributed by atoms with Crippen molar-refractivity contribution in [3.05, 3.63) is 11.6 Å². The van der Waals surface area contributed by atoms with Crippen molar-refractivity contribution in [3.8, 4) is 0 Å². The van der Waals surface area contributed by atoms with E-state index in [0.717, 1.165) is 32.1 Å². The van der Waals surface area contributed by atoms with Gasteiger partial charge >= 0.3 is 0 Å². The minimum atomic E-state index is -0.486. The Bertz CT molecular complexity index is 670. The van der Waals surface area contributed by atoms with Gasteiger partial charge in [0.1, 0.15) is 5.78 Å². The Kier molecular flexibility index (Phi) is 3.95. The fourth-order valence-electron chi connectivity index (χ4n) is 7.24. The molecule has 25 heavy (non-hydrogen) atoms. The maximum absolute atomic E-state index is 12.2. The van der Waals surface area contributed by atoms with Crippen molar-refractivity contribution in [2.24, 2.45) is 28.6 Å². The largest absolute Gasteiger partial charge is 0.392 e. The molecule has 3 saturated carbocycles. The molecule has 0 amide bonds. The summed E-state index contributed by atoms with van der Waals surface area (Å²) in [6.07, 6.45) is 7.44. The van der Waals surface area contributed by atoms with Crippen molar-refractivity contribution >= 4 is 27.5 Å². The van der Waals surface area contributed by atoms with Gasteiger partial charge in [-0.3, -0.25) is 9.59 Å². The van der Waals surface area contributed by atoms with Crippen LogP contribution in [0.2, 0.25) is 0 Å². The quantitative estimate of drug-likeness (QED) is 0.660. The number of carbonyl (C=O) groups is 2. The molecule has 0 spiro atoms. The summed E-state index contributed by atoms with van der Waals surface area (Å²) in [5.41, 5.74) is 0.967. The van der Waals surface area contributed by atoms with Gasteiger partial charge in [-0.15, -0.1) is 0 Å². The summed E-state index contributed by atoms with van der Waals surface area (Å²) >= 11 is 4.09.